The van der Waals surface area contributed by atoms with Crippen molar-refractivity contribution < 1.29 is 19.0 Å². The zero-order valence-corrected chi connectivity index (χ0v) is 18.9. The van der Waals surface area contributed by atoms with Gasteiger partial charge in [-0.2, -0.15) is 0 Å². The molecule has 164 valence electrons. The molecule has 0 spiro atoms. The first-order chi connectivity index (χ1) is 15.2. The standard InChI is InChI=1S/C25H22FNO4S/c1-13(2)15-6-8-20(31-21-7-5-14(3)9-19(21)26)16(10-15)18-12-27(4)24(28)23-17(18)11-22(32-23)25(29)30/h5-13H,1-4H3,(H,29,30). The van der Waals surface area contributed by atoms with Gasteiger partial charge in [-0.3, -0.25) is 4.79 Å². The second-order valence-corrected chi connectivity index (χ2v) is 9.12. The van der Waals surface area contributed by atoms with Crippen molar-refractivity contribution in [3.63, 3.8) is 0 Å². The monoisotopic (exact) mass is 451 g/mol. The number of aromatic carboxylic acids is 1. The lowest BCUT2D eigenvalue weighted by atomic mass is 9.95. The number of nitrogens with zero attached hydrogens (tertiary/aromatic N) is 1. The molecule has 2 aromatic heterocycles. The number of hydrogen-bond donors (Lipinski definition) is 1. The number of halogens is 1. The summed E-state index contributed by atoms with van der Waals surface area (Å²) in [5, 5.41) is 9.99. The molecule has 4 rings (SSSR count). The average molecular weight is 452 g/mol. The Morgan fingerprint density at radius 1 is 1.09 bits per heavy atom. The highest BCUT2D eigenvalue weighted by molar-refractivity contribution is 7.20. The molecule has 4 aromatic rings. The van der Waals surface area contributed by atoms with Crippen molar-refractivity contribution >= 4 is 27.4 Å². The van der Waals surface area contributed by atoms with Gasteiger partial charge in [0.2, 0.25) is 0 Å². The van der Waals surface area contributed by atoms with Crippen LogP contribution in [0.1, 0.15) is 40.6 Å². The fourth-order valence-corrected chi connectivity index (χ4v) is 4.56. The molecular weight excluding hydrogens is 429 g/mol. The number of carboxylic acid groups (broad SMARTS) is 1. The van der Waals surface area contributed by atoms with E-state index in [9.17, 15) is 19.1 Å². The normalized spacial score (nSPS) is 11.3. The average Bonchev–Trinajstić information content (AvgIpc) is 3.19. The van der Waals surface area contributed by atoms with Gasteiger partial charge in [-0.25, -0.2) is 9.18 Å². The second kappa shape index (κ2) is 8.24. The molecule has 7 heteroatoms. The van der Waals surface area contributed by atoms with Crippen LogP contribution in [0.25, 0.3) is 21.2 Å². The predicted molar refractivity (Wildman–Crippen MR) is 125 cm³/mol. The maximum absolute atomic E-state index is 14.5. The van der Waals surface area contributed by atoms with Gasteiger partial charge in [0.25, 0.3) is 5.56 Å². The van der Waals surface area contributed by atoms with Gasteiger partial charge in [0.1, 0.15) is 15.3 Å². The van der Waals surface area contributed by atoms with Crippen LogP contribution in [0.2, 0.25) is 0 Å². The summed E-state index contributed by atoms with van der Waals surface area (Å²) in [4.78, 5) is 24.3. The molecule has 0 amide bonds. The Morgan fingerprint density at radius 3 is 2.47 bits per heavy atom. The molecule has 0 unspecified atom stereocenters. The largest absolute Gasteiger partial charge is 0.477 e. The maximum atomic E-state index is 14.5. The Bertz CT molecular complexity index is 1420. The summed E-state index contributed by atoms with van der Waals surface area (Å²) in [7, 11) is 1.62. The molecule has 0 aliphatic rings. The van der Waals surface area contributed by atoms with Crippen LogP contribution in [-0.4, -0.2) is 15.6 Å². The number of carbonyl (C=O) groups is 1. The van der Waals surface area contributed by atoms with E-state index in [1.165, 1.54) is 16.7 Å². The SMILES string of the molecule is Cc1ccc(Oc2ccc(C(C)C)cc2-c2cn(C)c(=O)c3sc(C(=O)O)cc23)c(F)c1. The van der Waals surface area contributed by atoms with E-state index < -0.39 is 11.8 Å². The van der Waals surface area contributed by atoms with Crippen LogP contribution in [0, 0.1) is 12.7 Å². The molecule has 0 radical (unpaired) electrons. The number of benzene rings is 2. The van der Waals surface area contributed by atoms with Crippen molar-refractivity contribution in [2.24, 2.45) is 7.05 Å². The summed E-state index contributed by atoms with van der Waals surface area (Å²) in [5.41, 5.74) is 2.85. The zero-order chi connectivity index (χ0) is 23.2. The van der Waals surface area contributed by atoms with E-state index in [1.54, 1.807) is 38.4 Å². The van der Waals surface area contributed by atoms with Crippen LogP contribution in [-0.2, 0) is 7.05 Å². The molecule has 0 fully saturated rings. The first-order valence-electron chi connectivity index (χ1n) is 10.1. The summed E-state index contributed by atoms with van der Waals surface area (Å²) < 4.78 is 22.3. The lowest BCUT2D eigenvalue weighted by molar-refractivity contribution is 0.0702. The highest BCUT2D eigenvalue weighted by atomic mass is 32.1. The maximum Gasteiger partial charge on any atom is 0.345 e. The van der Waals surface area contributed by atoms with Crippen molar-refractivity contribution in [3.05, 3.63) is 80.8 Å². The van der Waals surface area contributed by atoms with E-state index >= 15 is 0 Å². The highest BCUT2D eigenvalue weighted by Crippen LogP contribution is 2.40. The third-order valence-electron chi connectivity index (χ3n) is 5.34. The fraction of sp³-hybridized carbons (Fsp3) is 0.200. The van der Waals surface area contributed by atoms with Crippen LogP contribution < -0.4 is 10.3 Å². The Balaban J connectivity index is 1.99. The Labute approximate surface area is 188 Å². The third-order valence-corrected chi connectivity index (χ3v) is 6.45. The molecule has 2 heterocycles. The van der Waals surface area contributed by atoms with E-state index in [0.717, 1.165) is 22.5 Å². The minimum atomic E-state index is -1.09. The molecule has 1 N–H and O–H groups in total. The van der Waals surface area contributed by atoms with Gasteiger partial charge in [-0.1, -0.05) is 26.0 Å². The molecule has 0 atom stereocenters. The predicted octanol–water partition coefficient (Wildman–Crippen LogP) is 6.33. The van der Waals surface area contributed by atoms with Gasteiger partial charge < -0.3 is 14.4 Å². The molecule has 0 aliphatic heterocycles. The van der Waals surface area contributed by atoms with Crippen molar-refractivity contribution in [1.29, 1.82) is 0 Å². The number of ether oxygens (including phenoxy) is 1. The number of hydrogen-bond acceptors (Lipinski definition) is 4. The van der Waals surface area contributed by atoms with Crippen molar-refractivity contribution in [1.82, 2.24) is 4.57 Å². The quantitative estimate of drug-likeness (QED) is 0.385. The number of rotatable bonds is 5. The Kier molecular flexibility index (Phi) is 5.60. The lowest BCUT2D eigenvalue weighted by Gasteiger charge is -2.16. The van der Waals surface area contributed by atoms with Crippen molar-refractivity contribution in [2.75, 3.05) is 0 Å². The minimum Gasteiger partial charge on any atom is -0.477 e. The summed E-state index contributed by atoms with van der Waals surface area (Å²) in [6.07, 6.45) is 1.67. The van der Waals surface area contributed by atoms with E-state index in [-0.39, 0.29) is 22.1 Å². The molecular formula is C25H22FNO4S. The summed E-state index contributed by atoms with van der Waals surface area (Å²) in [6, 6.07) is 11.9. The zero-order valence-electron chi connectivity index (χ0n) is 18.1. The topological polar surface area (TPSA) is 68.5 Å². The number of fused-ring (bicyclic) bond motifs is 1. The van der Waals surface area contributed by atoms with Crippen LogP contribution in [0.3, 0.4) is 0 Å². The molecule has 0 saturated heterocycles. The van der Waals surface area contributed by atoms with Crippen LogP contribution in [0.15, 0.2) is 53.5 Å². The summed E-state index contributed by atoms with van der Waals surface area (Å²) in [5.74, 6) is -0.836. The Morgan fingerprint density at radius 2 is 1.81 bits per heavy atom. The minimum absolute atomic E-state index is 0.0802. The summed E-state index contributed by atoms with van der Waals surface area (Å²) >= 11 is 0.946. The van der Waals surface area contributed by atoms with E-state index in [2.05, 4.69) is 13.8 Å². The first-order valence-corrected chi connectivity index (χ1v) is 10.9. The molecule has 32 heavy (non-hydrogen) atoms. The Hall–Kier alpha value is -3.45. The van der Waals surface area contributed by atoms with Gasteiger partial charge in [0.15, 0.2) is 11.6 Å². The van der Waals surface area contributed by atoms with Gasteiger partial charge in [-0.05, 0) is 54.3 Å². The highest BCUT2D eigenvalue weighted by Gasteiger charge is 2.20. The van der Waals surface area contributed by atoms with Crippen molar-refractivity contribution in [3.8, 4) is 22.6 Å². The smallest absolute Gasteiger partial charge is 0.345 e. The van der Waals surface area contributed by atoms with Gasteiger partial charge in [0, 0.05) is 29.8 Å². The van der Waals surface area contributed by atoms with Gasteiger partial charge in [0.05, 0.1) is 0 Å². The number of aryl methyl sites for hydroxylation is 2. The molecule has 0 saturated carbocycles. The van der Waals surface area contributed by atoms with Gasteiger partial charge in [-0.15, -0.1) is 11.3 Å². The van der Waals surface area contributed by atoms with Crippen LogP contribution in [0.4, 0.5) is 4.39 Å². The van der Waals surface area contributed by atoms with E-state index in [1.807, 2.05) is 12.1 Å². The number of pyridine rings is 1. The fourth-order valence-electron chi connectivity index (χ4n) is 3.57. The first kappa shape index (κ1) is 21.8. The van der Waals surface area contributed by atoms with Gasteiger partial charge >= 0.3 is 5.97 Å². The van der Waals surface area contributed by atoms with Crippen molar-refractivity contribution in [2.45, 2.75) is 26.7 Å². The number of thiophene rings is 1. The van der Waals surface area contributed by atoms with Crippen LogP contribution >= 0.6 is 11.3 Å². The summed E-state index contributed by atoms with van der Waals surface area (Å²) in [6.45, 7) is 5.92. The molecule has 2 aromatic carbocycles. The lowest BCUT2D eigenvalue weighted by Crippen LogP contribution is -2.15. The van der Waals surface area contributed by atoms with Crippen LogP contribution in [0.5, 0.6) is 11.5 Å². The molecule has 0 bridgehead atoms. The third kappa shape index (κ3) is 3.91. The van der Waals surface area contributed by atoms with E-state index in [4.69, 9.17) is 4.74 Å². The molecule has 0 aliphatic carbocycles. The second-order valence-electron chi connectivity index (χ2n) is 8.06. The van der Waals surface area contributed by atoms with E-state index in [0.29, 0.717) is 27.0 Å². The molecule has 5 nitrogen and oxygen atoms in total. The number of aromatic nitrogens is 1. The number of carboxylic acids is 1.